The minimum Gasteiger partial charge on any atom is -0.396 e. The van der Waals surface area contributed by atoms with Crippen molar-refractivity contribution in [3.05, 3.63) is 27.7 Å². The predicted octanol–water partition coefficient (Wildman–Crippen LogP) is 3.51. The lowest BCUT2D eigenvalue weighted by molar-refractivity contribution is -0.138. The van der Waals surface area contributed by atoms with Gasteiger partial charge in [0.25, 0.3) is 5.91 Å². The van der Waals surface area contributed by atoms with Gasteiger partial charge in [-0.25, -0.2) is 0 Å². The van der Waals surface area contributed by atoms with Gasteiger partial charge in [0.1, 0.15) is 0 Å². The zero-order valence-corrected chi connectivity index (χ0v) is 19.0. The van der Waals surface area contributed by atoms with Gasteiger partial charge >= 0.3 is 0 Å². The first-order chi connectivity index (χ1) is 14.3. The molecule has 1 saturated heterocycles. The largest absolute Gasteiger partial charge is 0.396 e. The van der Waals surface area contributed by atoms with Crippen LogP contribution >= 0.6 is 23.2 Å². The second-order valence-corrected chi connectivity index (χ2v) is 9.75. The van der Waals surface area contributed by atoms with Crippen LogP contribution in [0.15, 0.2) is 12.1 Å². The van der Waals surface area contributed by atoms with Gasteiger partial charge in [0.05, 0.1) is 15.7 Å². The van der Waals surface area contributed by atoms with E-state index < -0.39 is 0 Å². The molecule has 2 amide bonds. The lowest BCUT2D eigenvalue weighted by Gasteiger charge is -2.39. The zero-order chi connectivity index (χ0) is 21.4. The Labute approximate surface area is 188 Å². The van der Waals surface area contributed by atoms with Crippen molar-refractivity contribution >= 4 is 40.7 Å². The summed E-state index contributed by atoms with van der Waals surface area (Å²) in [5.74, 6) is 0.347. The number of nitrogens with two attached hydrogens (primary N) is 1. The summed E-state index contributed by atoms with van der Waals surface area (Å²) < 4.78 is 0. The number of hydrogen-bond acceptors (Lipinski definition) is 4. The molecule has 4 rings (SSSR count). The summed E-state index contributed by atoms with van der Waals surface area (Å²) in [6.45, 7) is 3.52. The fraction of sp³-hybridized carbons (Fsp3) is 0.636. The standard InChI is InChI=1S/C22H30Cl2N4O2/c1-26-8-10-27(11-9-26)21(29)14-2-4-16(5-3-14)28(17-6-7-17)22(30)15-12-18(23)20(25)19(24)13-15/h12-14,16-17H,2-11,25H2,1H3. The maximum atomic E-state index is 13.3. The molecule has 30 heavy (non-hydrogen) atoms. The summed E-state index contributed by atoms with van der Waals surface area (Å²) in [6.07, 6.45) is 5.47. The van der Waals surface area contributed by atoms with E-state index in [2.05, 4.69) is 11.9 Å². The summed E-state index contributed by atoms with van der Waals surface area (Å²) in [7, 11) is 2.10. The Kier molecular flexibility index (Phi) is 6.47. The number of piperazine rings is 1. The van der Waals surface area contributed by atoms with Gasteiger partial charge in [-0.15, -0.1) is 0 Å². The molecule has 1 aliphatic heterocycles. The third kappa shape index (κ3) is 4.56. The van der Waals surface area contributed by atoms with Gasteiger partial charge in [-0.3, -0.25) is 9.59 Å². The van der Waals surface area contributed by atoms with Crippen LogP contribution in [-0.2, 0) is 4.79 Å². The minimum absolute atomic E-state index is 0.0323. The third-order valence-electron chi connectivity index (χ3n) is 6.76. The predicted molar refractivity (Wildman–Crippen MR) is 120 cm³/mol. The number of nitrogen functional groups attached to an aromatic ring is 1. The van der Waals surface area contributed by atoms with Gasteiger partial charge in [0, 0.05) is 49.7 Å². The maximum absolute atomic E-state index is 13.3. The maximum Gasteiger partial charge on any atom is 0.254 e. The van der Waals surface area contributed by atoms with Crippen molar-refractivity contribution in [2.24, 2.45) is 5.92 Å². The average Bonchev–Trinajstić information content (AvgIpc) is 3.57. The summed E-state index contributed by atoms with van der Waals surface area (Å²) in [5, 5.41) is 0.617. The zero-order valence-electron chi connectivity index (χ0n) is 17.4. The van der Waals surface area contributed by atoms with Crippen molar-refractivity contribution in [3.8, 4) is 0 Å². The fourth-order valence-electron chi connectivity index (χ4n) is 4.73. The van der Waals surface area contributed by atoms with Crippen LogP contribution < -0.4 is 5.73 Å². The molecule has 0 bridgehead atoms. The number of carbonyl (C=O) groups excluding carboxylic acids is 2. The van der Waals surface area contributed by atoms with Gasteiger partial charge in [-0.2, -0.15) is 0 Å². The van der Waals surface area contributed by atoms with Crippen LogP contribution in [-0.4, -0.2) is 71.8 Å². The number of likely N-dealkylation sites (N-methyl/N-ethyl adjacent to an activating group) is 1. The molecule has 1 aromatic carbocycles. The van der Waals surface area contributed by atoms with Crippen molar-refractivity contribution in [2.45, 2.75) is 50.6 Å². The van der Waals surface area contributed by atoms with Crippen molar-refractivity contribution in [1.29, 1.82) is 0 Å². The summed E-state index contributed by atoms with van der Waals surface area (Å²) in [5.41, 5.74) is 6.62. The van der Waals surface area contributed by atoms with Gasteiger partial charge in [-0.1, -0.05) is 23.2 Å². The molecule has 3 aliphatic rings. The second kappa shape index (κ2) is 8.93. The Morgan fingerprint density at radius 3 is 1.93 bits per heavy atom. The smallest absolute Gasteiger partial charge is 0.254 e. The summed E-state index contributed by atoms with van der Waals surface area (Å²) >= 11 is 12.3. The lowest BCUT2D eigenvalue weighted by atomic mass is 9.84. The fourth-order valence-corrected chi connectivity index (χ4v) is 5.21. The number of rotatable bonds is 4. The van der Waals surface area contributed by atoms with Gasteiger partial charge < -0.3 is 20.4 Å². The number of hydrogen-bond donors (Lipinski definition) is 1. The van der Waals surface area contributed by atoms with Crippen LogP contribution in [0.2, 0.25) is 10.0 Å². The number of amides is 2. The highest BCUT2D eigenvalue weighted by Gasteiger charge is 2.40. The van der Waals surface area contributed by atoms with Crippen molar-refractivity contribution in [1.82, 2.24) is 14.7 Å². The van der Waals surface area contributed by atoms with E-state index in [9.17, 15) is 9.59 Å². The first kappa shape index (κ1) is 21.7. The molecule has 0 aromatic heterocycles. The van der Waals surface area contributed by atoms with Crippen LogP contribution in [0.3, 0.4) is 0 Å². The van der Waals surface area contributed by atoms with E-state index in [4.69, 9.17) is 28.9 Å². The molecule has 0 unspecified atom stereocenters. The molecular formula is C22H30Cl2N4O2. The van der Waals surface area contributed by atoms with Crippen LogP contribution in [0, 0.1) is 5.92 Å². The van der Waals surface area contributed by atoms with E-state index >= 15 is 0 Å². The highest BCUT2D eigenvalue weighted by atomic mass is 35.5. The molecule has 2 saturated carbocycles. The first-order valence-electron chi connectivity index (χ1n) is 10.9. The van der Waals surface area contributed by atoms with E-state index in [1.54, 1.807) is 12.1 Å². The summed E-state index contributed by atoms with van der Waals surface area (Å²) in [4.78, 5) is 32.6. The van der Waals surface area contributed by atoms with Gasteiger partial charge in [0.15, 0.2) is 0 Å². The molecule has 8 heteroatoms. The monoisotopic (exact) mass is 452 g/mol. The Morgan fingerprint density at radius 1 is 0.933 bits per heavy atom. The molecule has 0 radical (unpaired) electrons. The quantitative estimate of drug-likeness (QED) is 0.709. The number of nitrogens with zero attached hydrogens (tertiary/aromatic N) is 3. The topological polar surface area (TPSA) is 69.9 Å². The number of anilines is 1. The summed E-state index contributed by atoms with van der Waals surface area (Å²) in [6, 6.07) is 3.67. The first-order valence-corrected chi connectivity index (χ1v) is 11.6. The van der Waals surface area contributed by atoms with Crippen molar-refractivity contribution in [3.63, 3.8) is 0 Å². The number of benzene rings is 1. The van der Waals surface area contributed by atoms with Crippen molar-refractivity contribution in [2.75, 3.05) is 39.0 Å². The molecular weight excluding hydrogens is 423 g/mol. The Hall–Kier alpha value is -1.50. The SMILES string of the molecule is CN1CCN(C(=O)C2CCC(N(C(=O)c3cc(Cl)c(N)c(Cl)c3)C3CC3)CC2)CC1. The van der Waals surface area contributed by atoms with E-state index in [-0.39, 0.29) is 23.9 Å². The minimum atomic E-state index is -0.0323. The second-order valence-electron chi connectivity index (χ2n) is 8.93. The Balaban J connectivity index is 1.41. The molecule has 2 N–H and O–H groups in total. The molecule has 3 fully saturated rings. The van der Waals surface area contributed by atoms with Gasteiger partial charge in [0.2, 0.25) is 5.91 Å². The van der Waals surface area contributed by atoms with E-state index in [1.807, 2.05) is 9.80 Å². The highest BCUT2D eigenvalue weighted by molar-refractivity contribution is 6.39. The molecule has 2 aliphatic carbocycles. The molecule has 164 valence electrons. The van der Waals surface area contributed by atoms with Crippen LogP contribution in [0.25, 0.3) is 0 Å². The van der Waals surface area contributed by atoms with Crippen LogP contribution in [0.4, 0.5) is 5.69 Å². The lowest BCUT2D eigenvalue weighted by Crippen LogP contribution is -2.50. The number of carbonyl (C=O) groups is 2. The van der Waals surface area contributed by atoms with Crippen LogP contribution in [0.1, 0.15) is 48.9 Å². The molecule has 0 atom stereocenters. The van der Waals surface area contributed by atoms with Crippen molar-refractivity contribution < 1.29 is 9.59 Å². The Morgan fingerprint density at radius 2 is 1.43 bits per heavy atom. The third-order valence-corrected chi connectivity index (χ3v) is 7.38. The van der Waals surface area contributed by atoms with E-state index in [0.29, 0.717) is 27.2 Å². The molecule has 6 nitrogen and oxygen atoms in total. The average molecular weight is 453 g/mol. The highest BCUT2D eigenvalue weighted by Crippen LogP contribution is 2.38. The molecule has 1 aromatic rings. The van der Waals surface area contributed by atoms with Gasteiger partial charge in [-0.05, 0) is 57.7 Å². The number of halogens is 2. The van der Waals surface area contributed by atoms with Crippen LogP contribution in [0.5, 0.6) is 0 Å². The van der Waals surface area contributed by atoms with E-state index in [0.717, 1.165) is 64.7 Å². The Bertz CT molecular complexity index is 790. The molecule has 0 spiro atoms. The molecule has 1 heterocycles. The normalized spacial score (nSPS) is 25.2. The van der Waals surface area contributed by atoms with E-state index in [1.165, 1.54) is 0 Å².